The number of carbonyl (C=O) groups excluding carboxylic acids is 1. The van der Waals surface area contributed by atoms with E-state index in [1.54, 1.807) is 17.3 Å². The molecule has 0 fully saturated rings. The Labute approximate surface area is 126 Å². The van der Waals surface area contributed by atoms with E-state index in [1.807, 2.05) is 41.4 Å². The second-order valence-corrected chi connectivity index (χ2v) is 5.72. The number of amides is 1. The summed E-state index contributed by atoms with van der Waals surface area (Å²) in [5.74, 6) is -0.0680. The third-order valence-electron chi connectivity index (χ3n) is 3.56. The van der Waals surface area contributed by atoms with Crippen LogP contribution in [0.25, 0.3) is 4.96 Å². The molecule has 0 saturated heterocycles. The summed E-state index contributed by atoms with van der Waals surface area (Å²) < 4.78 is 1.87. The van der Waals surface area contributed by atoms with Gasteiger partial charge in [-0.2, -0.15) is 0 Å². The molecule has 6 heteroatoms. The number of carbonyl (C=O) groups is 1. The molecule has 0 aromatic carbocycles. The summed E-state index contributed by atoms with van der Waals surface area (Å²) in [6.45, 7) is 2.06. The molecule has 0 radical (unpaired) electrons. The summed E-state index contributed by atoms with van der Waals surface area (Å²) >= 11 is 1.52. The summed E-state index contributed by atoms with van der Waals surface area (Å²) in [5.41, 5.74) is 1.52. The fraction of sp³-hybridized carbons (Fsp3) is 0.267. The van der Waals surface area contributed by atoms with Crippen LogP contribution in [-0.2, 0) is 0 Å². The van der Waals surface area contributed by atoms with Gasteiger partial charge in [-0.05, 0) is 18.1 Å². The van der Waals surface area contributed by atoms with Gasteiger partial charge in [-0.1, -0.05) is 13.0 Å². The number of imidazole rings is 1. The van der Waals surface area contributed by atoms with Crippen LogP contribution in [0.3, 0.4) is 0 Å². The van der Waals surface area contributed by atoms with Crippen LogP contribution in [0.4, 0.5) is 0 Å². The average Bonchev–Trinajstić information content (AvgIpc) is 3.09. The lowest BCUT2D eigenvalue weighted by Gasteiger charge is -2.26. The molecule has 3 aromatic rings. The SMILES string of the molecule is CC[C@H](c1cccnc1)N(C)C(=O)c1cn2ccsc2n1. The number of hydrogen-bond acceptors (Lipinski definition) is 4. The largest absolute Gasteiger partial charge is 0.333 e. The summed E-state index contributed by atoms with van der Waals surface area (Å²) in [6, 6.07) is 3.89. The highest BCUT2D eigenvalue weighted by Gasteiger charge is 2.23. The lowest BCUT2D eigenvalue weighted by molar-refractivity contribution is 0.0720. The molecule has 1 amide bonds. The maximum Gasteiger partial charge on any atom is 0.274 e. The molecule has 0 spiro atoms. The van der Waals surface area contributed by atoms with Crippen LogP contribution in [-0.4, -0.2) is 32.2 Å². The van der Waals surface area contributed by atoms with Crippen molar-refractivity contribution in [1.82, 2.24) is 19.3 Å². The van der Waals surface area contributed by atoms with E-state index in [0.717, 1.165) is 16.9 Å². The van der Waals surface area contributed by atoms with Gasteiger partial charge in [-0.25, -0.2) is 4.98 Å². The standard InChI is InChI=1S/C15H16N4OS/c1-3-13(11-5-4-6-16-9-11)18(2)14(20)12-10-19-7-8-21-15(19)17-12/h4-10,13H,3H2,1-2H3/t13-/m1/s1. The molecule has 3 rings (SSSR count). The van der Waals surface area contributed by atoms with E-state index in [2.05, 4.69) is 16.9 Å². The summed E-state index contributed by atoms with van der Waals surface area (Å²) in [4.78, 5) is 23.7. The normalized spacial score (nSPS) is 12.5. The highest BCUT2D eigenvalue weighted by atomic mass is 32.1. The topological polar surface area (TPSA) is 50.5 Å². The number of rotatable bonds is 4. The van der Waals surface area contributed by atoms with Gasteiger partial charge in [-0.15, -0.1) is 11.3 Å². The van der Waals surface area contributed by atoms with Gasteiger partial charge in [0.05, 0.1) is 6.04 Å². The zero-order chi connectivity index (χ0) is 14.8. The monoisotopic (exact) mass is 300 g/mol. The fourth-order valence-electron chi connectivity index (χ4n) is 2.46. The molecule has 0 aliphatic rings. The van der Waals surface area contributed by atoms with E-state index < -0.39 is 0 Å². The van der Waals surface area contributed by atoms with Gasteiger partial charge in [0, 0.05) is 37.2 Å². The van der Waals surface area contributed by atoms with Crippen molar-refractivity contribution in [2.75, 3.05) is 7.05 Å². The van der Waals surface area contributed by atoms with Gasteiger partial charge in [0.2, 0.25) is 0 Å². The molecule has 21 heavy (non-hydrogen) atoms. The van der Waals surface area contributed by atoms with Gasteiger partial charge in [-0.3, -0.25) is 14.2 Å². The minimum atomic E-state index is -0.0680. The first-order chi connectivity index (χ1) is 10.2. The summed E-state index contributed by atoms with van der Waals surface area (Å²) in [5, 5.41) is 1.95. The highest BCUT2D eigenvalue weighted by Crippen LogP contribution is 2.24. The molecular weight excluding hydrogens is 284 g/mol. The Morgan fingerprint density at radius 2 is 2.38 bits per heavy atom. The van der Waals surface area contributed by atoms with Crippen LogP contribution in [0.1, 0.15) is 35.4 Å². The smallest absolute Gasteiger partial charge is 0.274 e. The number of thiazole rings is 1. The quantitative estimate of drug-likeness (QED) is 0.744. The van der Waals surface area contributed by atoms with Crippen LogP contribution in [0.2, 0.25) is 0 Å². The van der Waals surface area contributed by atoms with E-state index in [9.17, 15) is 4.79 Å². The molecule has 1 atom stereocenters. The van der Waals surface area contributed by atoms with E-state index in [-0.39, 0.29) is 11.9 Å². The van der Waals surface area contributed by atoms with Crippen LogP contribution in [0.15, 0.2) is 42.3 Å². The van der Waals surface area contributed by atoms with E-state index >= 15 is 0 Å². The third-order valence-corrected chi connectivity index (χ3v) is 4.33. The van der Waals surface area contributed by atoms with Crippen molar-refractivity contribution < 1.29 is 4.79 Å². The Morgan fingerprint density at radius 1 is 1.52 bits per heavy atom. The summed E-state index contributed by atoms with van der Waals surface area (Å²) in [7, 11) is 1.82. The van der Waals surface area contributed by atoms with E-state index in [4.69, 9.17) is 0 Å². The number of pyridine rings is 1. The lowest BCUT2D eigenvalue weighted by Crippen LogP contribution is -2.31. The van der Waals surface area contributed by atoms with E-state index in [1.165, 1.54) is 11.3 Å². The molecule has 3 aromatic heterocycles. The van der Waals surface area contributed by atoms with Crippen molar-refractivity contribution >= 4 is 22.2 Å². The number of fused-ring (bicyclic) bond motifs is 1. The molecular formula is C15H16N4OS. The first-order valence-corrected chi connectivity index (χ1v) is 7.68. The molecule has 0 bridgehead atoms. The minimum Gasteiger partial charge on any atom is -0.333 e. The van der Waals surface area contributed by atoms with Crippen molar-refractivity contribution in [3.63, 3.8) is 0 Å². The molecule has 0 saturated carbocycles. The Bertz CT molecular complexity index is 721. The van der Waals surface area contributed by atoms with Crippen molar-refractivity contribution in [3.8, 4) is 0 Å². The molecule has 0 aliphatic carbocycles. The first-order valence-electron chi connectivity index (χ1n) is 6.80. The van der Waals surface area contributed by atoms with Gasteiger partial charge in [0.25, 0.3) is 5.91 Å². The predicted octanol–water partition coefficient (Wildman–Crippen LogP) is 3.01. The molecule has 0 N–H and O–H groups in total. The predicted molar refractivity (Wildman–Crippen MR) is 82.4 cm³/mol. The Morgan fingerprint density at radius 3 is 3.05 bits per heavy atom. The van der Waals surface area contributed by atoms with Crippen LogP contribution in [0, 0.1) is 0 Å². The second-order valence-electron chi connectivity index (χ2n) is 4.85. The van der Waals surface area contributed by atoms with E-state index in [0.29, 0.717) is 5.69 Å². The average molecular weight is 300 g/mol. The lowest BCUT2D eigenvalue weighted by atomic mass is 10.1. The van der Waals surface area contributed by atoms with Crippen molar-refractivity contribution in [2.24, 2.45) is 0 Å². The zero-order valence-electron chi connectivity index (χ0n) is 11.9. The molecule has 0 unspecified atom stereocenters. The van der Waals surface area contributed by atoms with Gasteiger partial charge in [0.1, 0.15) is 5.69 Å². The molecule has 0 aliphatic heterocycles. The maximum atomic E-state index is 12.6. The van der Waals surface area contributed by atoms with Crippen LogP contribution < -0.4 is 0 Å². The van der Waals surface area contributed by atoms with Gasteiger partial charge < -0.3 is 4.90 Å². The molecule has 5 nitrogen and oxygen atoms in total. The Hall–Kier alpha value is -2.21. The maximum absolute atomic E-state index is 12.6. The van der Waals surface area contributed by atoms with Crippen molar-refractivity contribution in [1.29, 1.82) is 0 Å². The van der Waals surface area contributed by atoms with Crippen molar-refractivity contribution in [2.45, 2.75) is 19.4 Å². The number of hydrogen-bond donors (Lipinski definition) is 0. The van der Waals surface area contributed by atoms with Crippen LogP contribution >= 0.6 is 11.3 Å². The molecule has 3 heterocycles. The zero-order valence-corrected chi connectivity index (χ0v) is 12.7. The summed E-state index contributed by atoms with van der Waals surface area (Å²) in [6.07, 6.45) is 8.06. The fourth-order valence-corrected chi connectivity index (χ4v) is 3.16. The number of aromatic nitrogens is 3. The molecule has 108 valence electrons. The van der Waals surface area contributed by atoms with Gasteiger partial charge >= 0.3 is 0 Å². The second kappa shape index (κ2) is 5.65. The highest BCUT2D eigenvalue weighted by molar-refractivity contribution is 7.15. The minimum absolute atomic E-state index is 0.00550. The Kier molecular flexibility index (Phi) is 3.70. The third kappa shape index (κ3) is 2.54. The Balaban J connectivity index is 1.87. The van der Waals surface area contributed by atoms with Gasteiger partial charge in [0.15, 0.2) is 4.96 Å². The number of nitrogens with zero attached hydrogens (tertiary/aromatic N) is 4. The van der Waals surface area contributed by atoms with Crippen LogP contribution in [0.5, 0.6) is 0 Å². The first kappa shape index (κ1) is 13.8. The van der Waals surface area contributed by atoms with Crippen molar-refractivity contribution in [3.05, 3.63) is 53.6 Å².